The standard InChI is InChI=1S/C19H13Cl2N3O4/c20-12-9-13(21)11-15(10-12)23-19(25)22-14-1-5-17(6-2-14)28-18-7-3-16(4-8-18)24(26)27/h1-11H,(H2,22,23,25). The Morgan fingerprint density at radius 1 is 0.821 bits per heavy atom. The highest BCUT2D eigenvalue weighted by atomic mass is 35.5. The molecular formula is C19H13Cl2N3O4. The van der Waals surface area contributed by atoms with Crippen molar-refractivity contribution in [2.45, 2.75) is 0 Å². The van der Waals surface area contributed by atoms with Crippen molar-refractivity contribution < 1.29 is 14.5 Å². The van der Waals surface area contributed by atoms with Gasteiger partial charge in [0, 0.05) is 33.6 Å². The van der Waals surface area contributed by atoms with Gasteiger partial charge in [0.2, 0.25) is 0 Å². The summed E-state index contributed by atoms with van der Waals surface area (Å²) in [6, 6.07) is 16.6. The second-order valence-corrected chi connectivity index (χ2v) is 6.49. The number of nitrogens with zero attached hydrogens (tertiary/aromatic N) is 1. The van der Waals surface area contributed by atoms with Gasteiger partial charge in [0.25, 0.3) is 5.69 Å². The zero-order valence-electron chi connectivity index (χ0n) is 14.2. The van der Waals surface area contributed by atoms with E-state index in [2.05, 4.69) is 10.6 Å². The highest BCUT2D eigenvalue weighted by Gasteiger charge is 2.07. The third-order valence-corrected chi connectivity index (χ3v) is 3.95. The molecule has 0 unspecified atom stereocenters. The largest absolute Gasteiger partial charge is 0.457 e. The second-order valence-electron chi connectivity index (χ2n) is 5.61. The minimum absolute atomic E-state index is 0.0149. The predicted octanol–water partition coefficient (Wildman–Crippen LogP) is 6.34. The third-order valence-electron chi connectivity index (χ3n) is 3.52. The third kappa shape index (κ3) is 5.35. The van der Waals surface area contributed by atoms with Crippen LogP contribution in [0, 0.1) is 10.1 Å². The number of non-ortho nitro benzene ring substituents is 1. The molecule has 0 saturated heterocycles. The summed E-state index contributed by atoms with van der Waals surface area (Å²) in [6.45, 7) is 0. The van der Waals surface area contributed by atoms with Gasteiger partial charge in [-0.3, -0.25) is 10.1 Å². The smallest absolute Gasteiger partial charge is 0.323 e. The Hall–Kier alpha value is -3.29. The molecule has 3 aromatic carbocycles. The lowest BCUT2D eigenvalue weighted by Crippen LogP contribution is -2.19. The number of urea groups is 1. The molecule has 0 radical (unpaired) electrons. The lowest BCUT2D eigenvalue weighted by Gasteiger charge is -2.10. The summed E-state index contributed by atoms with van der Waals surface area (Å²) in [4.78, 5) is 22.2. The summed E-state index contributed by atoms with van der Waals surface area (Å²) in [6.07, 6.45) is 0. The van der Waals surface area contributed by atoms with E-state index in [1.165, 1.54) is 24.3 Å². The molecule has 0 atom stereocenters. The maximum absolute atomic E-state index is 12.1. The molecule has 0 spiro atoms. The lowest BCUT2D eigenvalue weighted by molar-refractivity contribution is -0.384. The molecule has 28 heavy (non-hydrogen) atoms. The van der Waals surface area contributed by atoms with Crippen LogP contribution in [-0.2, 0) is 0 Å². The van der Waals surface area contributed by atoms with Gasteiger partial charge in [-0.05, 0) is 54.6 Å². The van der Waals surface area contributed by atoms with Crippen LogP contribution in [0.2, 0.25) is 10.0 Å². The van der Waals surface area contributed by atoms with Gasteiger partial charge in [0.15, 0.2) is 0 Å². The van der Waals surface area contributed by atoms with Crippen LogP contribution in [0.5, 0.6) is 11.5 Å². The van der Waals surface area contributed by atoms with Crippen molar-refractivity contribution in [3.05, 3.63) is 86.9 Å². The highest BCUT2D eigenvalue weighted by molar-refractivity contribution is 6.35. The first-order valence-electron chi connectivity index (χ1n) is 7.95. The fourth-order valence-corrected chi connectivity index (χ4v) is 2.82. The number of nitro groups is 1. The van der Waals surface area contributed by atoms with Crippen LogP contribution >= 0.6 is 23.2 Å². The molecule has 0 saturated carbocycles. The number of anilines is 2. The lowest BCUT2D eigenvalue weighted by atomic mass is 10.3. The second kappa shape index (κ2) is 8.60. The number of nitro benzene ring substituents is 1. The molecule has 0 aliphatic rings. The summed E-state index contributed by atoms with van der Waals surface area (Å²) < 4.78 is 5.61. The van der Waals surface area contributed by atoms with Gasteiger partial charge in [-0.2, -0.15) is 0 Å². The van der Waals surface area contributed by atoms with Crippen LogP contribution in [0.4, 0.5) is 21.9 Å². The van der Waals surface area contributed by atoms with E-state index in [4.69, 9.17) is 27.9 Å². The Morgan fingerprint density at radius 3 is 1.86 bits per heavy atom. The van der Waals surface area contributed by atoms with E-state index in [-0.39, 0.29) is 5.69 Å². The Morgan fingerprint density at radius 2 is 1.32 bits per heavy atom. The van der Waals surface area contributed by atoms with Crippen LogP contribution in [0.3, 0.4) is 0 Å². The molecule has 142 valence electrons. The summed E-state index contributed by atoms with van der Waals surface area (Å²) in [7, 11) is 0. The maximum atomic E-state index is 12.1. The number of halogens is 2. The van der Waals surface area contributed by atoms with Crippen LogP contribution in [0.25, 0.3) is 0 Å². The number of hydrogen-bond acceptors (Lipinski definition) is 4. The fraction of sp³-hybridized carbons (Fsp3) is 0. The molecule has 0 aromatic heterocycles. The van der Waals surface area contributed by atoms with E-state index >= 15 is 0 Å². The van der Waals surface area contributed by atoms with E-state index in [0.717, 1.165) is 0 Å². The molecule has 0 fully saturated rings. The molecule has 3 aromatic rings. The normalized spacial score (nSPS) is 10.2. The predicted molar refractivity (Wildman–Crippen MR) is 109 cm³/mol. The van der Waals surface area contributed by atoms with Crippen LogP contribution in [-0.4, -0.2) is 11.0 Å². The zero-order valence-corrected chi connectivity index (χ0v) is 15.7. The minimum Gasteiger partial charge on any atom is -0.457 e. The SMILES string of the molecule is O=C(Nc1ccc(Oc2ccc([N+](=O)[O-])cc2)cc1)Nc1cc(Cl)cc(Cl)c1. The number of ether oxygens (including phenoxy) is 1. The number of carbonyl (C=O) groups is 1. The van der Waals surface area contributed by atoms with Gasteiger partial charge in [-0.25, -0.2) is 4.79 Å². The number of hydrogen-bond donors (Lipinski definition) is 2. The van der Waals surface area contributed by atoms with Gasteiger partial charge in [-0.1, -0.05) is 23.2 Å². The number of amides is 2. The number of rotatable bonds is 5. The monoisotopic (exact) mass is 417 g/mol. The quantitative estimate of drug-likeness (QED) is 0.374. The van der Waals surface area contributed by atoms with Crippen molar-refractivity contribution in [1.29, 1.82) is 0 Å². The molecule has 0 aliphatic carbocycles. The highest BCUT2D eigenvalue weighted by Crippen LogP contribution is 2.25. The first-order chi connectivity index (χ1) is 13.4. The van der Waals surface area contributed by atoms with Gasteiger partial charge < -0.3 is 15.4 Å². The summed E-state index contributed by atoms with van der Waals surface area (Å²) in [5.41, 5.74) is 0.994. The van der Waals surface area contributed by atoms with E-state index in [0.29, 0.717) is 32.9 Å². The average Bonchev–Trinajstić information content (AvgIpc) is 2.63. The van der Waals surface area contributed by atoms with E-state index in [1.54, 1.807) is 42.5 Å². The summed E-state index contributed by atoms with van der Waals surface area (Å²) in [5, 5.41) is 16.8. The molecule has 0 aliphatic heterocycles. The molecule has 0 heterocycles. The van der Waals surface area contributed by atoms with Gasteiger partial charge >= 0.3 is 6.03 Å². The molecule has 3 rings (SSSR count). The van der Waals surface area contributed by atoms with E-state index < -0.39 is 11.0 Å². The van der Waals surface area contributed by atoms with Crippen molar-refractivity contribution in [3.8, 4) is 11.5 Å². The Balaban J connectivity index is 1.59. The first-order valence-corrected chi connectivity index (χ1v) is 8.71. The molecule has 2 N–H and O–H groups in total. The average molecular weight is 418 g/mol. The fourth-order valence-electron chi connectivity index (χ4n) is 2.30. The van der Waals surface area contributed by atoms with Crippen LogP contribution < -0.4 is 15.4 Å². The molecule has 2 amide bonds. The molecular weight excluding hydrogens is 405 g/mol. The van der Waals surface area contributed by atoms with Gasteiger partial charge in [0.05, 0.1) is 4.92 Å². The first kappa shape index (κ1) is 19.5. The van der Waals surface area contributed by atoms with Gasteiger partial charge in [-0.15, -0.1) is 0 Å². The van der Waals surface area contributed by atoms with Crippen molar-refractivity contribution in [3.63, 3.8) is 0 Å². The molecule has 7 nitrogen and oxygen atoms in total. The number of nitrogens with one attached hydrogen (secondary N) is 2. The Kier molecular flexibility index (Phi) is 5.98. The van der Waals surface area contributed by atoms with Crippen molar-refractivity contribution in [2.75, 3.05) is 10.6 Å². The number of carbonyl (C=O) groups excluding carboxylic acids is 1. The summed E-state index contributed by atoms with van der Waals surface area (Å²) in [5.74, 6) is 0.975. The topological polar surface area (TPSA) is 93.5 Å². The maximum Gasteiger partial charge on any atom is 0.323 e. The zero-order chi connectivity index (χ0) is 20.1. The summed E-state index contributed by atoms with van der Waals surface area (Å²) >= 11 is 11.8. The Labute approximate surface area is 170 Å². The van der Waals surface area contributed by atoms with Crippen LogP contribution in [0.1, 0.15) is 0 Å². The van der Waals surface area contributed by atoms with Gasteiger partial charge in [0.1, 0.15) is 11.5 Å². The number of benzene rings is 3. The van der Waals surface area contributed by atoms with E-state index in [1.807, 2.05) is 0 Å². The molecule has 0 bridgehead atoms. The van der Waals surface area contributed by atoms with Crippen LogP contribution in [0.15, 0.2) is 66.7 Å². The molecule has 9 heteroatoms. The van der Waals surface area contributed by atoms with Crippen molar-refractivity contribution in [1.82, 2.24) is 0 Å². The Bertz CT molecular complexity index is 988. The van der Waals surface area contributed by atoms with E-state index in [9.17, 15) is 14.9 Å². The minimum atomic E-state index is -0.480. The van der Waals surface area contributed by atoms with Crippen molar-refractivity contribution in [2.24, 2.45) is 0 Å². The van der Waals surface area contributed by atoms with Crippen molar-refractivity contribution >= 4 is 46.3 Å².